The van der Waals surface area contributed by atoms with E-state index in [4.69, 9.17) is 0 Å². The van der Waals surface area contributed by atoms with Crippen molar-refractivity contribution >= 4 is 17.2 Å². The Balaban J connectivity index is 1.34. The van der Waals surface area contributed by atoms with Gasteiger partial charge in [-0.25, -0.2) is 0 Å². The van der Waals surface area contributed by atoms with Crippen LogP contribution >= 0.6 is 11.3 Å². The van der Waals surface area contributed by atoms with Gasteiger partial charge < -0.3 is 15.3 Å². The molecule has 2 N–H and O–H groups in total. The molecule has 2 saturated heterocycles. The minimum Gasteiger partial charge on any atom is -0.507 e. The number of aromatic hydroxyl groups is 1. The van der Waals surface area contributed by atoms with Crippen LogP contribution in [-0.2, 0) is 0 Å². The lowest BCUT2D eigenvalue weighted by molar-refractivity contribution is 0.353. The van der Waals surface area contributed by atoms with Gasteiger partial charge in [-0.15, -0.1) is 20.4 Å². The van der Waals surface area contributed by atoms with Gasteiger partial charge in [-0.3, -0.25) is 0 Å². The Morgan fingerprint density at radius 2 is 1.83 bits per heavy atom. The second-order valence-corrected chi connectivity index (χ2v) is 9.19. The summed E-state index contributed by atoms with van der Waals surface area (Å²) in [4.78, 5) is 2.25. The lowest BCUT2D eigenvalue weighted by Gasteiger charge is -2.36. The van der Waals surface area contributed by atoms with Crippen molar-refractivity contribution in [3.63, 3.8) is 0 Å². The molecule has 0 radical (unpaired) electrons. The van der Waals surface area contributed by atoms with Crippen LogP contribution in [0.1, 0.15) is 30.7 Å². The van der Waals surface area contributed by atoms with Gasteiger partial charge >= 0.3 is 0 Å². The maximum absolute atomic E-state index is 10.5. The highest BCUT2D eigenvalue weighted by atomic mass is 32.1. The number of phenols is 1. The summed E-state index contributed by atoms with van der Waals surface area (Å²) in [5.74, 6) is 1.04. The fraction of sp³-hybridized carbons (Fsp3) is 0.429. The predicted molar refractivity (Wildman–Crippen MR) is 114 cm³/mol. The summed E-state index contributed by atoms with van der Waals surface area (Å²) in [6, 6.07) is 11.2. The standard InChI is InChI=1S/C21H24N6OS/c1-12-23-26-21(29-12)13-3-6-17(19(28)9-13)18-7-8-20(25-24-18)27(2)16-10-14-4-5-15(11-16)22-14/h3,6-9,14-16,22,28H,4-5,10-11H2,1-2H3/t14-,15+,16+. The molecule has 1 aromatic carbocycles. The molecule has 0 spiro atoms. The molecule has 2 fully saturated rings. The first kappa shape index (κ1) is 18.4. The molecule has 2 aliphatic heterocycles. The smallest absolute Gasteiger partial charge is 0.151 e. The SMILES string of the molecule is Cc1nnc(-c2ccc(-c3ccc(N(C)[C@H]4C[C@H]5CC[C@@H](C4)N5)nn3)c(O)c2)s1. The van der Waals surface area contributed by atoms with Gasteiger partial charge in [0.15, 0.2) is 5.82 Å². The molecule has 2 aromatic heterocycles. The van der Waals surface area contributed by atoms with Crippen molar-refractivity contribution in [2.45, 2.75) is 50.7 Å². The molecular formula is C21H24N6OS. The molecule has 0 saturated carbocycles. The van der Waals surface area contributed by atoms with Crippen LogP contribution in [0.2, 0.25) is 0 Å². The zero-order chi connectivity index (χ0) is 20.0. The Morgan fingerprint density at radius 1 is 1.03 bits per heavy atom. The fourth-order valence-corrected chi connectivity index (χ4v) is 5.17. The van der Waals surface area contributed by atoms with Gasteiger partial charge in [0, 0.05) is 36.3 Å². The highest BCUT2D eigenvalue weighted by molar-refractivity contribution is 7.14. The molecule has 0 aliphatic carbocycles. The summed E-state index contributed by atoms with van der Waals surface area (Å²) in [7, 11) is 2.11. The number of phenolic OH excluding ortho intramolecular Hbond substituents is 1. The molecule has 3 atom stereocenters. The largest absolute Gasteiger partial charge is 0.507 e. The first-order valence-electron chi connectivity index (χ1n) is 10.0. The third-order valence-electron chi connectivity index (χ3n) is 6.05. The molecule has 2 bridgehead atoms. The number of nitrogens with zero attached hydrogens (tertiary/aromatic N) is 5. The van der Waals surface area contributed by atoms with Crippen LogP contribution in [0.15, 0.2) is 30.3 Å². The van der Waals surface area contributed by atoms with E-state index in [1.165, 1.54) is 24.2 Å². The maximum atomic E-state index is 10.5. The molecule has 29 heavy (non-hydrogen) atoms. The van der Waals surface area contributed by atoms with Crippen LogP contribution < -0.4 is 10.2 Å². The summed E-state index contributed by atoms with van der Waals surface area (Å²) < 4.78 is 0. The first-order chi connectivity index (χ1) is 14.1. The van der Waals surface area contributed by atoms with Crippen LogP contribution in [0.3, 0.4) is 0 Å². The minimum absolute atomic E-state index is 0.167. The van der Waals surface area contributed by atoms with Crippen molar-refractivity contribution in [3.05, 3.63) is 35.3 Å². The number of hydrogen-bond acceptors (Lipinski definition) is 8. The van der Waals surface area contributed by atoms with E-state index < -0.39 is 0 Å². The number of rotatable bonds is 4. The highest BCUT2D eigenvalue weighted by Gasteiger charge is 2.35. The van der Waals surface area contributed by atoms with Crippen molar-refractivity contribution in [1.29, 1.82) is 0 Å². The topological polar surface area (TPSA) is 87.1 Å². The molecule has 4 heterocycles. The molecule has 7 nitrogen and oxygen atoms in total. The number of hydrogen-bond donors (Lipinski definition) is 2. The normalized spacial score (nSPS) is 23.3. The second kappa shape index (κ2) is 7.35. The average Bonchev–Trinajstić information content (AvgIpc) is 3.32. The minimum atomic E-state index is 0.167. The predicted octanol–water partition coefficient (Wildman–Crippen LogP) is 3.40. The van der Waals surface area contributed by atoms with Gasteiger partial charge in [0.2, 0.25) is 0 Å². The molecule has 0 unspecified atom stereocenters. The molecule has 3 aromatic rings. The number of aryl methyl sites for hydroxylation is 1. The summed E-state index contributed by atoms with van der Waals surface area (Å²) in [5.41, 5.74) is 2.17. The molecular weight excluding hydrogens is 384 g/mol. The van der Waals surface area contributed by atoms with Crippen molar-refractivity contribution in [3.8, 4) is 27.6 Å². The summed E-state index contributed by atoms with van der Waals surface area (Å²) in [6.07, 6.45) is 4.88. The zero-order valence-electron chi connectivity index (χ0n) is 16.5. The van der Waals surface area contributed by atoms with Gasteiger partial charge in [-0.1, -0.05) is 17.4 Å². The Bertz CT molecular complexity index is 1010. The lowest BCUT2D eigenvalue weighted by Crippen LogP contribution is -2.47. The van der Waals surface area contributed by atoms with Crippen LogP contribution in [0.25, 0.3) is 21.8 Å². The van der Waals surface area contributed by atoms with E-state index in [0.29, 0.717) is 29.4 Å². The Labute approximate surface area is 173 Å². The summed E-state index contributed by atoms with van der Waals surface area (Å²) >= 11 is 1.50. The monoisotopic (exact) mass is 408 g/mol. The van der Waals surface area contributed by atoms with Crippen LogP contribution in [0.5, 0.6) is 5.75 Å². The van der Waals surface area contributed by atoms with Gasteiger partial charge in [0.1, 0.15) is 15.8 Å². The van der Waals surface area contributed by atoms with E-state index in [-0.39, 0.29) is 5.75 Å². The van der Waals surface area contributed by atoms with Gasteiger partial charge in [0.25, 0.3) is 0 Å². The van der Waals surface area contributed by atoms with Crippen molar-refractivity contribution in [1.82, 2.24) is 25.7 Å². The quantitative estimate of drug-likeness (QED) is 0.684. The lowest BCUT2D eigenvalue weighted by atomic mass is 9.98. The van der Waals surface area contributed by atoms with Crippen LogP contribution in [0, 0.1) is 6.92 Å². The van der Waals surface area contributed by atoms with Crippen molar-refractivity contribution in [2.75, 3.05) is 11.9 Å². The second-order valence-electron chi connectivity index (χ2n) is 8.01. The van der Waals surface area contributed by atoms with Gasteiger partial charge in [0.05, 0.1) is 5.69 Å². The highest BCUT2D eigenvalue weighted by Crippen LogP contribution is 2.34. The number of nitrogens with one attached hydrogen (secondary N) is 1. The number of benzene rings is 1. The zero-order valence-corrected chi connectivity index (χ0v) is 17.4. The van der Waals surface area contributed by atoms with Crippen molar-refractivity contribution in [2.24, 2.45) is 0 Å². The molecule has 0 amide bonds. The fourth-order valence-electron chi connectivity index (χ4n) is 4.48. The maximum Gasteiger partial charge on any atom is 0.151 e. The molecule has 5 rings (SSSR count). The van der Waals surface area contributed by atoms with E-state index in [1.807, 2.05) is 31.2 Å². The molecule has 2 aliphatic rings. The summed E-state index contributed by atoms with van der Waals surface area (Å²) in [6.45, 7) is 1.91. The van der Waals surface area contributed by atoms with Crippen LogP contribution in [0.4, 0.5) is 5.82 Å². The van der Waals surface area contributed by atoms with E-state index >= 15 is 0 Å². The number of anilines is 1. The molecule has 8 heteroatoms. The van der Waals surface area contributed by atoms with E-state index in [0.717, 1.165) is 34.2 Å². The third kappa shape index (κ3) is 3.58. The average molecular weight is 409 g/mol. The van der Waals surface area contributed by atoms with Gasteiger partial charge in [-0.05, 0) is 56.9 Å². The Morgan fingerprint density at radius 3 is 2.45 bits per heavy atom. The number of fused-ring (bicyclic) bond motifs is 2. The van der Waals surface area contributed by atoms with Gasteiger partial charge in [-0.2, -0.15) is 0 Å². The molecule has 150 valence electrons. The summed E-state index contributed by atoms with van der Waals surface area (Å²) in [5, 5.41) is 32.9. The van der Waals surface area contributed by atoms with Crippen LogP contribution in [-0.4, -0.2) is 50.7 Å². The van der Waals surface area contributed by atoms with E-state index in [9.17, 15) is 5.11 Å². The first-order valence-corrected chi connectivity index (χ1v) is 10.8. The Hall–Kier alpha value is -2.58. The number of aromatic nitrogens is 4. The third-order valence-corrected chi connectivity index (χ3v) is 6.94. The van der Waals surface area contributed by atoms with E-state index in [1.54, 1.807) is 6.07 Å². The van der Waals surface area contributed by atoms with E-state index in [2.05, 4.69) is 37.7 Å². The Kier molecular flexibility index (Phi) is 4.67. The van der Waals surface area contributed by atoms with Crippen molar-refractivity contribution < 1.29 is 5.11 Å². The number of piperidine rings is 1.